The van der Waals surface area contributed by atoms with Crippen LogP contribution in [0.15, 0.2) is 0 Å². The van der Waals surface area contributed by atoms with Crippen molar-refractivity contribution in [3.63, 3.8) is 0 Å². The van der Waals surface area contributed by atoms with Crippen LogP contribution in [0.4, 0.5) is 4.39 Å². The third kappa shape index (κ3) is 2.66. The zero-order chi connectivity index (χ0) is 15.0. The van der Waals surface area contributed by atoms with Crippen LogP contribution >= 0.6 is 0 Å². The molecular formula is C14H20FNO4. The van der Waals surface area contributed by atoms with Gasteiger partial charge in [-0.3, -0.25) is 4.90 Å². The van der Waals surface area contributed by atoms with Crippen molar-refractivity contribution in [3.8, 4) is 17.2 Å². The molecule has 112 valence electrons. The highest BCUT2D eigenvalue weighted by molar-refractivity contribution is 5.56. The number of rotatable bonds is 2. The summed E-state index contributed by atoms with van der Waals surface area (Å²) in [5.41, 5.74) is 0.0763. The van der Waals surface area contributed by atoms with Crippen LogP contribution in [0.1, 0.15) is 25.0 Å². The van der Waals surface area contributed by atoms with Crippen molar-refractivity contribution >= 4 is 0 Å². The van der Waals surface area contributed by atoms with Gasteiger partial charge in [0, 0.05) is 25.2 Å². The van der Waals surface area contributed by atoms with E-state index < -0.39 is 17.3 Å². The highest BCUT2D eigenvalue weighted by Crippen LogP contribution is 2.41. The molecule has 1 saturated heterocycles. The van der Waals surface area contributed by atoms with Gasteiger partial charge in [-0.05, 0) is 20.8 Å². The number of hydrogen-bond donors (Lipinski definition) is 3. The number of halogens is 1. The summed E-state index contributed by atoms with van der Waals surface area (Å²) in [6.45, 7) is 6.74. The Balaban J connectivity index is 2.30. The quantitative estimate of drug-likeness (QED) is 0.571. The van der Waals surface area contributed by atoms with E-state index in [9.17, 15) is 19.7 Å². The first-order valence-electron chi connectivity index (χ1n) is 6.60. The van der Waals surface area contributed by atoms with Gasteiger partial charge in [0.15, 0.2) is 17.3 Å². The molecule has 2 unspecified atom stereocenters. The first-order valence-corrected chi connectivity index (χ1v) is 6.60. The molecule has 20 heavy (non-hydrogen) atoms. The van der Waals surface area contributed by atoms with Gasteiger partial charge in [0.2, 0.25) is 0 Å². The van der Waals surface area contributed by atoms with Gasteiger partial charge in [0.25, 0.3) is 0 Å². The highest BCUT2D eigenvalue weighted by atomic mass is 19.1. The summed E-state index contributed by atoms with van der Waals surface area (Å²) >= 11 is 0. The molecule has 1 fully saturated rings. The fraction of sp³-hybridized carbons (Fsp3) is 0.571. The lowest BCUT2D eigenvalue weighted by atomic mass is 10.1. The van der Waals surface area contributed by atoms with Crippen LogP contribution in [-0.2, 0) is 11.3 Å². The minimum Gasteiger partial charge on any atom is -0.507 e. The van der Waals surface area contributed by atoms with E-state index in [0.717, 1.165) is 0 Å². The minimum atomic E-state index is -0.993. The summed E-state index contributed by atoms with van der Waals surface area (Å²) < 4.78 is 19.1. The summed E-state index contributed by atoms with van der Waals surface area (Å²) in [5.74, 6) is -2.72. The van der Waals surface area contributed by atoms with Gasteiger partial charge in [-0.25, -0.2) is 4.39 Å². The molecule has 0 aliphatic carbocycles. The molecule has 1 aromatic rings. The van der Waals surface area contributed by atoms with Gasteiger partial charge in [0.1, 0.15) is 5.75 Å². The molecule has 0 amide bonds. The molecule has 0 saturated carbocycles. The van der Waals surface area contributed by atoms with Gasteiger partial charge in [-0.2, -0.15) is 0 Å². The van der Waals surface area contributed by atoms with Crippen LogP contribution in [0.5, 0.6) is 17.2 Å². The van der Waals surface area contributed by atoms with Crippen LogP contribution in [0, 0.1) is 12.7 Å². The summed E-state index contributed by atoms with van der Waals surface area (Å²) in [7, 11) is 0. The molecule has 0 radical (unpaired) electrons. The Morgan fingerprint density at radius 2 is 1.65 bits per heavy atom. The van der Waals surface area contributed by atoms with E-state index >= 15 is 0 Å². The topological polar surface area (TPSA) is 73.2 Å². The van der Waals surface area contributed by atoms with E-state index in [1.807, 2.05) is 18.7 Å². The molecule has 0 bridgehead atoms. The normalized spacial score (nSPS) is 24.0. The number of aromatic hydroxyl groups is 3. The van der Waals surface area contributed by atoms with Gasteiger partial charge in [-0.15, -0.1) is 0 Å². The SMILES string of the molecule is Cc1c(O)c(CN2CC(C)OC(C)C2)c(O)c(O)c1F. The van der Waals surface area contributed by atoms with E-state index in [1.165, 1.54) is 6.92 Å². The zero-order valence-corrected chi connectivity index (χ0v) is 11.9. The standard InChI is InChI=1S/C14H20FNO4/c1-7-4-16(5-8(2)20-7)6-10-12(17)9(3)11(15)14(19)13(10)18/h7-8,17-19H,4-6H2,1-3H3. The predicted octanol–water partition coefficient (Wildman–Crippen LogP) is 1.86. The van der Waals surface area contributed by atoms with E-state index in [4.69, 9.17) is 4.74 Å². The second-order valence-electron chi connectivity index (χ2n) is 5.41. The lowest BCUT2D eigenvalue weighted by Gasteiger charge is -2.35. The van der Waals surface area contributed by atoms with Gasteiger partial charge in [-0.1, -0.05) is 0 Å². The Morgan fingerprint density at radius 3 is 2.20 bits per heavy atom. The summed E-state index contributed by atoms with van der Waals surface area (Å²) in [6.07, 6.45) is 0.0800. The van der Waals surface area contributed by atoms with Crippen molar-refractivity contribution in [2.75, 3.05) is 13.1 Å². The van der Waals surface area contributed by atoms with Crippen molar-refractivity contribution in [2.24, 2.45) is 0 Å². The number of phenolic OH excluding ortho intramolecular Hbond substituents is 3. The average Bonchev–Trinajstić information content (AvgIpc) is 2.38. The maximum absolute atomic E-state index is 13.5. The summed E-state index contributed by atoms with van der Waals surface area (Å²) in [4.78, 5) is 1.99. The average molecular weight is 285 g/mol. The number of phenols is 3. The van der Waals surface area contributed by atoms with Crippen molar-refractivity contribution in [1.82, 2.24) is 4.90 Å². The molecule has 1 aliphatic rings. The number of ether oxygens (including phenoxy) is 1. The second kappa shape index (κ2) is 5.46. The number of benzene rings is 1. The Bertz CT molecular complexity index is 481. The first-order chi connectivity index (χ1) is 9.31. The Hall–Kier alpha value is -1.53. The lowest BCUT2D eigenvalue weighted by Crippen LogP contribution is -2.44. The van der Waals surface area contributed by atoms with Gasteiger partial charge in [0.05, 0.1) is 17.8 Å². The van der Waals surface area contributed by atoms with Crippen LogP contribution in [0.3, 0.4) is 0 Å². The third-order valence-electron chi connectivity index (χ3n) is 3.57. The molecule has 1 heterocycles. The van der Waals surface area contributed by atoms with Crippen molar-refractivity contribution < 1.29 is 24.4 Å². The molecule has 5 nitrogen and oxygen atoms in total. The molecular weight excluding hydrogens is 265 g/mol. The second-order valence-corrected chi connectivity index (χ2v) is 5.41. The first kappa shape index (κ1) is 14.9. The number of nitrogens with zero attached hydrogens (tertiary/aromatic N) is 1. The Kier molecular flexibility index (Phi) is 4.06. The molecule has 1 aliphatic heterocycles. The van der Waals surface area contributed by atoms with E-state index in [-0.39, 0.29) is 35.6 Å². The maximum atomic E-state index is 13.5. The van der Waals surface area contributed by atoms with Crippen LogP contribution in [-0.4, -0.2) is 45.5 Å². The molecule has 2 rings (SSSR count). The van der Waals surface area contributed by atoms with Crippen LogP contribution < -0.4 is 0 Å². The Morgan fingerprint density at radius 1 is 1.10 bits per heavy atom. The number of hydrogen-bond acceptors (Lipinski definition) is 5. The van der Waals surface area contributed by atoms with Gasteiger partial charge >= 0.3 is 0 Å². The molecule has 6 heteroatoms. The van der Waals surface area contributed by atoms with Gasteiger partial charge < -0.3 is 20.1 Å². The van der Waals surface area contributed by atoms with Crippen LogP contribution in [0.2, 0.25) is 0 Å². The highest BCUT2D eigenvalue weighted by Gasteiger charge is 2.27. The fourth-order valence-electron chi connectivity index (χ4n) is 2.65. The Labute approximate surface area is 117 Å². The van der Waals surface area contributed by atoms with Crippen LogP contribution in [0.25, 0.3) is 0 Å². The zero-order valence-electron chi connectivity index (χ0n) is 11.9. The summed E-state index contributed by atoms with van der Waals surface area (Å²) in [6, 6.07) is 0. The van der Waals surface area contributed by atoms with Crippen molar-refractivity contribution in [2.45, 2.75) is 39.5 Å². The molecule has 2 atom stereocenters. The lowest BCUT2D eigenvalue weighted by molar-refractivity contribution is -0.0707. The number of morpholine rings is 1. The maximum Gasteiger partial charge on any atom is 0.194 e. The third-order valence-corrected chi connectivity index (χ3v) is 3.57. The molecule has 3 N–H and O–H groups in total. The fourth-order valence-corrected chi connectivity index (χ4v) is 2.65. The summed E-state index contributed by atoms with van der Waals surface area (Å²) in [5, 5.41) is 29.4. The van der Waals surface area contributed by atoms with Crippen molar-refractivity contribution in [1.29, 1.82) is 0 Å². The van der Waals surface area contributed by atoms with Crippen molar-refractivity contribution in [3.05, 3.63) is 16.9 Å². The molecule has 0 spiro atoms. The van der Waals surface area contributed by atoms with E-state index in [1.54, 1.807) is 0 Å². The molecule has 0 aromatic heterocycles. The molecule has 1 aromatic carbocycles. The van der Waals surface area contributed by atoms with E-state index in [0.29, 0.717) is 13.1 Å². The van der Waals surface area contributed by atoms with E-state index in [2.05, 4.69) is 0 Å². The largest absolute Gasteiger partial charge is 0.507 e. The smallest absolute Gasteiger partial charge is 0.194 e. The predicted molar refractivity (Wildman–Crippen MR) is 71.4 cm³/mol. The monoisotopic (exact) mass is 285 g/mol. The minimum absolute atomic E-state index is 0.0400.